The molecule has 3 rings (SSSR count). The number of imidazole rings is 1. The van der Waals surface area contributed by atoms with E-state index in [4.69, 9.17) is 4.74 Å². The quantitative estimate of drug-likeness (QED) is 0.663. The van der Waals surface area contributed by atoms with Gasteiger partial charge in [0, 0.05) is 30.0 Å². The Balaban J connectivity index is 2.18. The van der Waals surface area contributed by atoms with Crippen LogP contribution >= 0.6 is 0 Å². The van der Waals surface area contributed by atoms with Crippen molar-refractivity contribution in [3.8, 4) is 28.3 Å². The van der Waals surface area contributed by atoms with Gasteiger partial charge in [-0.1, -0.05) is 30.3 Å². The molecule has 0 amide bonds. The lowest BCUT2D eigenvalue weighted by molar-refractivity contribution is 0.412. The van der Waals surface area contributed by atoms with Crippen LogP contribution < -0.4 is 4.74 Å². The summed E-state index contributed by atoms with van der Waals surface area (Å²) in [6, 6.07) is 13.8. The number of hydrogen-bond acceptors (Lipinski definition) is 4. The average Bonchev–Trinajstić information content (AvgIpc) is 3.03. The van der Waals surface area contributed by atoms with Gasteiger partial charge in [-0.25, -0.2) is 17.8 Å². The second kappa shape index (κ2) is 7.29. The Hall–Kier alpha value is -2.67. The van der Waals surface area contributed by atoms with Crippen molar-refractivity contribution < 1.29 is 17.5 Å². The maximum Gasteiger partial charge on any atom is 0.149 e. The lowest BCUT2D eigenvalue weighted by Crippen LogP contribution is -2.11. The second-order valence-electron chi connectivity index (χ2n) is 5.98. The van der Waals surface area contributed by atoms with E-state index in [1.165, 1.54) is 25.5 Å². The van der Waals surface area contributed by atoms with Gasteiger partial charge in [-0.2, -0.15) is 0 Å². The van der Waals surface area contributed by atoms with Crippen molar-refractivity contribution >= 4 is 9.84 Å². The number of methoxy groups -OCH3 is 1. The van der Waals surface area contributed by atoms with E-state index in [0.717, 1.165) is 5.56 Å². The van der Waals surface area contributed by atoms with Gasteiger partial charge in [0.1, 0.15) is 21.4 Å². The number of hydrogen-bond donors (Lipinski definition) is 0. The molecule has 0 bridgehead atoms. The van der Waals surface area contributed by atoms with E-state index in [1.807, 2.05) is 30.3 Å². The summed E-state index contributed by atoms with van der Waals surface area (Å²) in [6.07, 6.45) is 2.80. The molecule has 0 spiro atoms. The SMILES string of the molecule is COc1cc(F)ccc1-c1c(-c2ccccc2)ncn1CCS(C)(=O)=O. The van der Waals surface area contributed by atoms with Gasteiger partial charge < -0.3 is 9.30 Å². The van der Waals surface area contributed by atoms with Crippen molar-refractivity contribution in [1.29, 1.82) is 0 Å². The zero-order valence-electron chi connectivity index (χ0n) is 14.5. The first-order valence-corrected chi connectivity index (χ1v) is 10.1. The van der Waals surface area contributed by atoms with Crippen LogP contribution in [0, 0.1) is 5.82 Å². The fraction of sp³-hybridized carbons (Fsp3) is 0.211. The van der Waals surface area contributed by atoms with Gasteiger partial charge in [-0.3, -0.25) is 0 Å². The standard InChI is InChI=1S/C19H19FN2O3S/c1-25-17-12-15(20)8-9-16(17)19-18(14-6-4-3-5-7-14)21-13-22(19)10-11-26(2,23)24/h3-9,12-13H,10-11H2,1-2H3. The molecular formula is C19H19FN2O3S. The lowest BCUT2D eigenvalue weighted by atomic mass is 10.0. The van der Waals surface area contributed by atoms with Crippen molar-refractivity contribution in [3.05, 3.63) is 60.7 Å². The summed E-state index contributed by atoms with van der Waals surface area (Å²) in [4.78, 5) is 4.48. The summed E-state index contributed by atoms with van der Waals surface area (Å²) in [5, 5.41) is 0. The third kappa shape index (κ3) is 3.94. The van der Waals surface area contributed by atoms with Crippen LogP contribution in [0.1, 0.15) is 0 Å². The highest BCUT2D eigenvalue weighted by atomic mass is 32.2. The molecular weight excluding hydrogens is 355 g/mol. The zero-order valence-corrected chi connectivity index (χ0v) is 15.3. The van der Waals surface area contributed by atoms with E-state index < -0.39 is 15.7 Å². The van der Waals surface area contributed by atoms with E-state index in [2.05, 4.69) is 4.98 Å². The Morgan fingerprint density at radius 1 is 1.15 bits per heavy atom. The third-order valence-corrected chi connectivity index (χ3v) is 4.93. The average molecular weight is 374 g/mol. The molecule has 0 aliphatic heterocycles. The van der Waals surface area contributed by atoms with Crippen LogP contribution in [-0.4, -0.2) is 37.1 Å². The summed E-state index contributed by atoms with van der Waals surface area (Å²) >= 11 is 0. The second-order valence-corrected chi connectivity index (χ2v) is 8.24. The van der Waals surface area contributed by atoms with E-state index in [0.29, 0.717) is 22.7 Å². The molecule has 0 aliphatic carbocycles. The topological polar surface area (TPSA) is 61.2 Å². The number of sulfone groups is 1. The molecule has 0 unspecified atom stereocenters. The maximum atomic E-state index is 13.6. The molecule has 0 N–H and O–H groups in total. The minimum absolute atomic E-state index is 0.0197. The van der Waals surface area contributed by atoms with E-state index in [9.17, 15) is 12.8 Å². The summed E-state index contributed by atoms with van der Waals surface area (Å²) < 4.78 is 43.9. The molecule has 7 heteroatoms. The summed E-state index contributed by atoms with van der Waals surface area (Å²) in [5.41, 5.74) is 2.91. The van der Waals surface area contributed by atoms with E-state index in [-0.39, 0.29) is 12.3 Å². The van der Waals surface area contributed by atoms with Gasteiger partial charge in [0.25, 0.3) is 0 Å². The highest BCUT2D eigenvalue weighted by Crippen LogP contribution is 2.37. The van der Waals surface area contributed by atoms with Gasteiger partial charge >= 0.3 is 0 Å². The van der Waals surface area contributed by atoms with Gasteiger partial charge in [-0.05, 0) is 12.1 Å². The molecule has 136 valence electrons. The third-order valence-electron chi connectivity index (χ3n) is 4.01. The minimum Gasteiger partial charge on any atom is -0.496 e. The number of ether oxygens (including phenoxy) is 1. The fourth-order valence-corrected chi connectivity index (χ4v) is 3.29. The highest BCUT2D eigenvalue weighted by molar-refractivity contribution is 7.90. The fourth-order valence-electron chi connectivity index (χ4n) is 2.77. The molecule has 1 aromatic heterocycles. The molecule has 26 heavy (non-hydrogen) atoms. The molecule has 3 aromatic rings. The Kier molecular flexibility index (Phi) is 5.08. The Bertz CT molecular complexity index is 1010. The molecule has 5 nitrogen and oxygen atoms in total. The van der Waals surface area contributed by atoms with E-state index in [1.54, 1.807) is 17.0 Å². The number of nitrogens with zero attached hydrogens (tertiary/aromatic N) is 2. The smallest absolute Gasteiger partial charge is 0.149 e. The van der Waals surface area contributed by atoms with Gasteiger partial charge in [0.2, 0.25) is 0 Å². The Labute approximate surface area is 152 Å². The molecule has 0 radical (unpaired) electrons. The number of aryl methyl sites for hydroxylation is 1. The van der Waals surface area contributed by atoms with Gasteiger partial charge in [0.05, 0.1) is 30.6 Å². The monoisotopic (exact) mass is 374 g/mol. The Morgan fingerprint density at radius 2 is 1.88 bits per heavy atom. The minimum atomic E-state index is -3.14. The molecule has 0 aliphatic rings. The largest absolute Gasteiger partial charge is 0.496 e. The first kappa shape index (κ1) is 18.1. The van der Waals surface area contributed by atoms with Crippen LogP contribution in [0.15, 0.2) is 54.9 Å². The first-order valence-electron chi connectivity index (χ1n) is 8.01. The number of halogens is 1. The van der Waals surface area contributed by atoms with Crippen molar-refractivity contribution in [2.45, 2.75) is 6.54 Å². The van der Waals surface area contributed by atoms with Crippen LogP contribution in [0.2, 0.25) is 0 Å². The molecule has 0 saturated heterocycles. The molecule has 0 fully saturated rings. The maximum absolute atomic E-state index is 13.6. The normalized spacial score (nSPS) is 11.5. The summed E-state index contributed by atoms with van der Waals surface area (Å²) in [7, 11) is -1.67. The number of rotatable bonds is 6. The van der Waals surface area contributed by atoms with Gasteiger partial charge in [0.15, 0.2) is 0 Å². The van der Waals surface area contributed by atoms with E-state index >= 15 is 0 Å². The van der Waals surface area contributed by atoms with Crippen LogP contribution in [0.4, 0.5) is 4.39 Å². The predicted molar refractivity (Wildman–Crippen MR) is 99.3 cm³/mol. The predicted octanol–water partition coefficient (Wildman–Crippen LogP) is 3.41. The van der Waals surface area contributed by atoms with Crippen molar-refractivity contribution in [2.75, 3.05) is 19.1 Å². The molecule has 0 saturated carbocycles. The van der Waals surface area contributed by atoms with Crippen LogP contribution in [0.3, 0.4) is 0 Å². The zero-order chi connectivity index (χ0) is 18.7. The number of benzene rings is 2. The Morgan fingerprint density at radius 3 is 2.54 bits per heavy atom. The molecule has 1 heterocycles. The van der Waals surface area contributed by atoms with Crippen molar-refractivity contribution in [2.24, 2.45) is 0 Å². The van der Waals surface area contributed by atoms with Crippen LogP contribution in [-0.2, 0) is 16.4 Å². The summed E-state index contributed by atoms with van der Waals surface area (Å²) in [6.45, 7) is 0.245. The van der Waals surface area contributed by atoms with Crippen molar-refractivity contribution in [3.63, 3.8) is 0 Å². The van der Waals surface area contributed by atoms with Crippen LogP contribution in [0.5, 0.6) is 5.75 Å². The first-order chi connectivity index (χ1) is 12.4. The van der Waals surface area contributed by atoms with Crippen LogP contribution in [0.25, 0.3) is 22.5 Å². The molecule has 2 aromatic carbocycles. The van der Waals surface area contributed by atoms with Crippen molar-refractivity contribution in [1.82, 2.24) is 9.55 Å². The summed E-state index contributed by atoms with van der Waals surface area (Å²) in [5.74, 6) is -0.0639. The number of aromatic nitrogens is 2. The molecule has 0 atom stereocenters. The highest BCUT2D eigenvalue weighted by Gasteiger charge is 2.19. The lowest BCUT2D eigenvalue weighted by Gasteiger charge is -2.14. The van der Waals surface area contributed by atoms with Gasteiger partial charge in [-0.15, -0.1) is 0 Å².